The third-order valence-corrected chi connectivity index (χ3v) is 8.64. The maximum atomic E-state index is 13.9. The van der Waals surface area contributed by atoms with Gasteiger partial charge in [-0.2, -0.15) is 26.3 Å². The van der Waals surface area contributed by atoms with Crippen LogP contribution in [-0.4, -0.2) is 51.5 Å². The summed E-state index contributed by atoms with van der Waals surface area (Å²) in [6.45, 7) is 2.41. The lowest BCUT2D eigenvalue weighted by atomic mass is 10.1. The summed E-state index contributed by atoms with van der Waals surface area (Å²) in [5, 5.41) is 2.05. The molecule has 0 saturated heterocycles. The highest BCUT2D eigenvalue weighted by Crippen LogP contribution is 2.48. The van der Waals surface area contributed by atoms with Crippen molar-refractivity contribution in [1.82, 2.24) is 0 Å². The molecule has 2 aliphatic rings. The molecule has 236 valence electrons. The molecular weight excluding hydrogens is 617 g/mol. The number of hydrogen-bond acceptors (Lipinski definition) is 7. The third-order valence-electron chi connectivity index (χ3n) is 6.87. The second kappa shape index (κ2) is 11.1. The minimum atomic E-state index is -5.22. The summed E-state index contributed by atoms with van der Waals surface area (Å²) in [4.78, 5) is 23.5. The second-order valence-electron chi connectivity index (χ2n) is 10.3. The molecule has 43 heavy (non-hydrogen) atoms. The van der Waals surface area contributed by atoms with E-state index in [-0.39, 0.29) is 36.2 Å². The van der Waals surface area contributed by atoms with Crippen LogP contribution in [0.1, 0.15) is 32.8 Å². The molecule has 3 atom stereocenters. The summed E-state index contributed by atoms with van der Waals surface area (Å²) in [7, 11) is -4.88. The van der Waals surface area contributed by atoms with E-state index in [1.54, 1.807) is 6.92 Å². The fraction of sp³-hybridized carbons (Fsp3) is 0.462. The molecule has 1 aliphatic heterocycles. The molecule has 17 heteroatoms. The Labute approximate surface area is 240 Å². The minimum Gasteiger partial charge on any atom is -0.486 e. The van der Waals surface area contributed by atoms with Gasteiger partial charge in [0.25, 0.3) is 10.0 Å². The molecule has 3 unspecified atom stereocenters. The van der Waals surface area contributed by atoms with Crippen molar-refractivity contribution in [1.29, 1.82) is 0 Å². The number of sulfonamides is 1. The Balaban J connectivity index is 1.71. The van der Waals surface area contributed by atoms with Gasteiger partial charge in [-0.3, -0.25) is 14.4 Å². The molecule has 4 rings (SSSR count). The van der Waals surface area contributed by atoms with E-state index in [2.05, 4.69) is 10.1 Å². The van der Waals surface area contributed by atoms with Crippen LogP contribution >= 0.6 is 0 Å². The topological polar surface area (TPSA) is 111 Å². The number of hydrogen-bond donors (Lipinski definition) is 1. The Kier molecular flexibility index (Phi) is 8.27. The first-order chi connectivity index (χ1) is 19.8. The zero-order valence-corrected chi connectivity index (χ0v) is 23.5. The van der Waals surface area contributed by atoms with Gasteiger partial charge in [0.2, 0.25) is 5.60 Å². The first-order valence-corrected chi connectivity index (χ1v) is 14.1. The SMILES string of the molecule is CCOC(=O)C1CC1C1CN(S(=O)(=O)c2ccc(F)c(C(F)(F)F)c2)c2cc(NC(=O)OC(C)(C)C(F)(F)F)ccc2O1. The van der Waals surface area contributed by atoms with Gasteiger partial charge in [-0.25, -0.2) is 17.6 Å². The summed E-state index contributed by atoms with van der Waals surface area (Å²) in [5.74, 6) is -3.49. The number of rotatable bonds is 7. The van der Waals surface area contributed by atoms with Crippen LogP contribution in [0.15, 0.2) is 41.3 Å². The van der Waals surface area contributed by atoms with Gasteiger partial charge < -0.3 is 14.2 Å². The van der Waals surface area contributed by atoms with Gasteiger partial charge in [-0.1, -0.05) is 0 Å². The molecule has 0 bridgehead atoms. The van der Waals surface area contributed by atoms with E-state index in [4.69, 9.17) is 9.47 Å². The number of anilines is 2. The number of nitrogens with zero attached hydrogens (tertiary/aromatic N) is 1. The Morgan fingerprint density at radius 1 is 1.07 bits per heavy atom. The van der Waals surface area contributed by atoms with Crippen LogP contribution in [0.25, 0.3) is 0 Å². The van der Waals surface area contributed by atoms with E-state index in [0.29, 0.717) is 30.3 Å². The highest BCUT2D eigenvalue weighted by atomic mass is 32.2. The number of amides is 1. The average Bonchev–Trinajstić information content (AvgIpc) is 3.68. The van der Waals surface area contributed by atoms with Crippen molar-refractivity contribution in [2.75, 3.05) is 22.8 Å². The number of benzene rings is 2. The van der Waals surface area contributed by atoms with Gasteiger partial charge in [0.1, 0.15) is 17.7 Å². The van der Waals surface area contributed by atoms with Crippen LogP contribution in [0.3, 0.4) is 0 Å². The highest BCUT2D eigenvalue weighted by Gasteiger charge is 2.53. The predicted octanol–water partition coefficient (Wildman–Crippen LogP) is 5.89. The number of carbonyl (C=O) groups is 2. The van der Waals surface area contributed by atoms with Crippen LogP contribution < -0.4 is 14.4 Å². The molecule has 1 N–H and O–H groups in total. The van der Waals surface area contributed by atoms with Crippen LogP contribution in [0.5, 0.6) is 5.75 Å². The number of halogens is 7. The van der Waals surface area contributed by atoms with Crippen molar-refractivity contribution in [3.8, 4) is 5.75 Å². The van der Waals surface area contributed by atoms with E-state index < -0.39 is 80.8 Å². The highest BCUT2D eigenvalue weighted by molar-refractivity contribution is 7.92. The zero-order valence-electron chi connectivity index (χ0n) is 22.7. The quantitative estimate of drug-likeness (QED) is 0.296. The molecule has 0 radical (unpaired) electrons. The smallest absolute Gasteiger partial charge is 0.427 e. The number of nitrogens with one attached hydrogen (secondary N) is 1. The Morgan fingerprint density at radius 2 is 1.74 bits per heavy atom. The Bertz CT molecular complexity index is 1530. The minimum absolute atomic E-state index is 0.0986. The van der Waals surface area contributed by atoms with E-state index in [0.717, 1.165) is 6.07 Å². The first kappa shape index (κ1) is 32.2. The molecule has 9 nitrogen and oxygen atoms in total. The molecule has 1 saturated carbocycles. The first-order valence-electron chi connectivity index (χ1n) is 12.7. The molecule has 1 aliphatic carbocycles. The molecule has 2 aromatic rings. The monoisotopic (exact) mass is 642 g/mol. The van der Waals surface area contributed by atoms with Gasteiger partial charge in [0.05, 0.1) is 35.2 Å². The van der Waals surface area contributed by atoms with Crippen LogP contribution in [0.4, 0.5) is 46.9 Å². The number of esters is 1. The molecule has 1 fully saturated rings. The molecular formula is C26H25F7N2O7S. The van der Waals surface area contributed by atoms with E-state index in [1.807, 2.05) is 0 Å². The number of ether oxygens (including phenoxy) is 3. The van der Waals surface area contributed by atoms with Crippen molar-refractivity contribution < 1.29 is 63.0 Å². The second-order valence-corrected chi connectivity index (χ2v) is 12.2. The van der Waals surface area contributed by atoms with Gasteiger partial charge in [0.15, 0.2) is 0 Å². The Morgan fingerprint density at radius 3 is 2.35 bits per heavy atom. The maximum Gasteiger partial charge on any atom is 0.427 e. The average molecular weight is 643 g/mol. The summed E-state index contributed by atoms with van der Waals surface area (Å²) in [5.41, 5.74) is -5.24. The van der Waals surface area contributed by atoms with Crippen LogP contribution in [-0.2, 0) is 30.5 Å². The van der Waals surface area contributed by atoms with E-state index >= 15 is 0 Å². The van der Waals surface area contributed by atoms with Crippen molar-refractivity contribution in [2.45, 2.75) is 56.1 Å². The van der Waals surface area contributed by atoms with Crippen LogP contribution in [0.2, 0.25) is 0 Å². The van der Waals surface area contributed by atoms with Gasteiger partial charge in [-0.15, -0.1) is 0 Å². The largest absolute Gasteiger partial charge is 0.486 e. The molecule has 0 spiro atoms. The lowest BCUT2D eigenvalue weighted by molar-refractivity contribution is -0.242. The molecule has 2 aromatic carbocycles. The molecule has 1 amide bonds. The van der Waals surface area contributed by atoms with Crippen molar-refractivity contribution >= 4 is 33.5 Å². The Hall–Kier alpha value is -3.76. The normalized spacial score (nSPS) is 20.5. The number of alkyl halides is 6. The van der Waals surface area contributed by atoms with Gasteiger partial charge >= 0.3 is 24.4 Å². The number of fused-ring (bicyclic) bond motifs is 1. The maximum absolute atomic E-state index is 13.9. The standard InChI is InChI=1S/C26H25F7N2O7S/c1-4-40-22(36)16-11-15(16)21-12-35(43(38,39)14-6-7-18(27)17(10-14)25(28,29)30)19-9-13(5-8-20(19)41-21)34-23(37)42-24(2,3)26(31,32)33/h5-10,15-16,21H,4,11-12H2,1-3H3,(H,34,37). The lowest BCUT2D eigenvalue weighted by Crippen LogP contribution is -2.45. The van der Waals surface area contributed by atoms with Crippen molar-refractivity contribution in [2.24, 2.45) is 11.8 Å². The van der Waals surface area contributed by atoms with E-state index in [1.165, 1.54) is 12.1 Å². The third kappa shape index (κ3) is 6.60. The van der Waals surface area contributed by atoms with Gasteiger partial charge in [0, 0.05) is 11.6 Å². The van der Waals surface area contributed by atoms with Gasteiger partial charge in [-0.05, 0) is 63.6 Å². The summed E-state index contributed by atoms with van der Waals surface area (Å²) >= 11 is 0. The predicted molar refractivity (Wildman–Crippen MR) is 135 cm³/mol. The lowest BCUT2D eigenvalue weighted by Gasteiger charge is -2.36. The van der Waals surface area contributed by atoms with E-state index in [9.17, 15) is 48.7 Å². The fourth-order valence-electron chi connectivity index (χ4n) is 4.39. The molecule has 1 heterocycles. The fourth-order valence-corrected chi connectivity index (χ4v) is 5.90. The summed E-state index contributed by atoms with van der Waals surface area (Å²) in [6, 6.07) is 4.48. The summed E-state index contributed by atoms with van der Waals surface area (Å²) < 4.78 is 137. The van der Waals surface area contributed by atoms with Crippen LogP contribution in [0, 0.1) is 17.7 Å². The number of carbonyl (C=O) groups excluding carboxylic acids is 2. The molecule has 0 aromatic heterocycles. The van der Waals surface area contributed by atoms with Crippen molar-refractivity contribution in [3.05, 3.63) is 47.8 Å². The zero-order chi connectivity index (χ0) is 32.1. The van der Waals surface area contributed by atoms with Crippen molar-refractivity contribution in [3.63, 3.8) is 0 Å². The summed E-state index contributed by atoms with van der Waals surface area (Å²) in [6.07, 6.45) is -12.3.